The highest BCUT2D eigenvalue weighted by Crippen LogP contribution is 2.29. The monoisotopic (exact) mass is 404 g/mol. The van der Waals surface area contributed by atoms with E-state index in [1.54, 1.807) is 28.8 Å². The standard InChI is InChI=1S/C23H20N2O5/c1-3-23(22(28)29,24-16(2)26)15-25-14-20(18-11-7-8-12-19(18)25)30-21(27)13-17-9-5-4-6-10-17/h1,4-12,14H,13,15H2,2H3,(H,24,26)(H,28,29). The molecule has 0 spiro atoms. The number of nitrogens with one attached hydrogen (secondary N) is 1. The SMILES string of the molecule is C#CC(Cn1cc(OC(=O)Cc2ccccc2)c2ccccc21)(NC(C)=O)C(=O)O. The lowest BCUT2D eigenvalue weighted by atomic mass is 10.0. The second-order valence-corrected chi connectivity index (χ2v) is 6.81. The van der Waals surface area contributed by atoms with Gasteiger partial charge >= 0.3 is 11.9 Å². The van der Waals surface area contributed by atoms with E-state index in [4.69, 9.17) is 11.2 Å². The Kier molecular flexibility index (Phi) is 5.88. The van der Waals surface area contributed by atoms with Gasteiger partial charge in [-0.15, -0.1) is 6.42 Å². The summed E-state index contributed by atoms with van der Waals surface area (Å²) in [5.41, 5.74) is -0.515. The number of rotatable bonds is 7. The number of hydrogen-bond donors (Lipinski definition) is 2. The molecule has 0 radical (unpaired) electrons. The van der Waals surface area contributed by atoms with E-state index >= 15 is 0 Å². The Morgan fingerprint density at radius 3 is 2.43 bits per heavy atom. The molecule has 1 atom stereocenters. The van der Waals surface area contributed by atoms with Gasteiger partial charge in [0.05, 0.1) is 18.5 Å². The molecule has 0 aliphatic heterocycles. The number of nitrogens with zero attached hydrogens (tertiary/aromatic N) is 1. The number of ether oxygens (including phenoxy) is 1. The minimum atomic E-state index is -1.95. The Bertz CT molecular complexity index is 1140. The molecule has 30 heavy (non-hydrogen) atoms. The zero-order chi connectivity index (χ0) is 21.7. The van der Waals surface area contributed by atoms with Crippen molar-refractivity contribution in [3.05, 3.63) is 66.4 Å². The van der Waals surface area contributed by atoms with Crippen molar-refractivity contribution in [2.24, 2.45) is 0 Å². The Morgan fingerprint density at radius 1 is 1.13 bits per heavy atom. The van der Waals surface area contributed by atoms with Gasteiger partial charge in [-0.2, -0.15) is 0 Å². The number of hydrogen-bond acceptors (Lipinski definition) is 4. The second-order valence-electron chi connectivity index (χ2n) is 6.81. The van der Waals surface area contributed by atoms with E-state index in [0.717, 1.165) is 5.56 Å². The number of carboxylic acid groups (broad SMARTS) is 1. The predicted octanol–water partition coefficient (Wildman–Crippen LogP) is 2.38. The highest BCUT2D eigenvalue weighted by atomic mass is 16.5. The molecule has 1 aromatic heterocycles. The summed E-state index contributed by atoms with van der Waals surface area (Å²) >= 11 is 0. The van der Waals surface area contributed by atoms with Crippen LogP contribution in [0.15, 0.2) is 60.8 Å². The molecule has 2 N–H and O–H groups in total. The summed E-state index contributed by atoms with van der Waals surface area (Å²) in [5, 5.41) is 12.6. The van der Waals surface area contributed by atoms with Crippen LogP contribution < -0.4 is 10.1 Å². The van der Waals surface area contributed by atoms with Gasteiger partial charge in [0.1, 0.15) is 0 Å². The van der Waals surface area contributed by atoms with Crippen molar-refractivity contribution in [1.82, 2.24) is 9.88 Å². The summed E-state index contributed by atoms with van der Waals surface area (Å²) in [6.07, 6.45) is 7.09. The van der Waals surface area contributed by atoms with E-state index < -0.39 is 23.4 Å². The van der Waals surface area contributed by atoms with Crippen molar-refractivity contribution in [3.8, 4) is 18.1 Å². The summed E-state index contributed by atoms with van der Waals surface area (Å²) < 4.78 is 7.12. The zero-order valence-corrected chi connectivity index (χ0v) is 16.3. The highest BCUT2D eigenvalue weighted by molar-refractivity contribution is 5.92. The zero-order valence-electron chi connectivity index (χ0n) is 16.3. The molecule has 0 fully saturated rings. The van der Waals surface area contributed by atoms with Gasteiger partial charge in [0.15, 0.2) is 5.75 Å². The maximum absolute atomic E-state index is 12.4. The van der Waals surface area contributed by atoms with Crippen LogP contribution in [-0.2, 0) is 27.3 Å². The normalized spacial score (nSPS) is 12.5. The number of carboxylic acids is 1. The van der Waals surface area contributed by atoms with Crippen molar-refractivity contribution in [2.75, 3.05) is 0 Å². The first-order chi connectivity index (χ1) is 14.3. The predicted molar refractivity (Wildman–Crippen MR) is 111 cm³/mol. The number of amides is 1. The number of fused-ring (bicyclic) bond motifs is 1. The number of aromatic nitrogens is 1. The molecule has 0 saturated heterocycles. The van der Waals surface area contributed by atoms with Crippen LogP contribution in [0, 0.1) is 12.3 Å². The summed E-state index contributed by atoms with van der Waals surface area (Å²) in [5.74, 6) is 0.0850. The molecule has 1 unspecified atom stereocenters. The topological polar surface area (TPSA) is 97.6 Å². The number of carbonyl (C=O) groups excluding carboxylic acids is 2. The molecule has 7 nitrogen and oxygen atoms in total. The van der Waals surface area contributed by atoms with Crippen molar-refractivity contribution >= 4 is 28.7 Å². The number of esters is 1. The lowest BCUT2D eigenvalue weighted by Crippen LogP contribution is -2.55. The molecule has 7 heteroatoms. The van der Waals surface area contributed by atoms with Gasteiger partial charge in [0.2, 0.25) is 11.4 Å². The van der Waals surface area contributed by atoms with Crippen molar-refractivity contribution in [1.29, 1.82) is 0 Å². The van der Waals surface area contributed by atoms with Gasteiger partial charge in [0.25, 0.3) is 0 Å². The van der Waals surface area contributed by atoms with Crippen LogP contribution in [0.3, 0.4) is 0 Å². The fourth-order valence-corrected chi connectivity index (χ4v) is 3.21. The van der Waals surface area contributed by atoms with Crippen LogP contribution in [0.5, 0.6) is 5.75 Å². The average molecular weight is 404 g/mol. The van der Waals surface area contributed by atoms with Crippen molar-refractivity contribution < 1.29 is 24.2 Å². The van der Waals surface area contributed by atoms with E-state index in [1.165, 1.54) is 13.1 Å². The van der Waals surface area contributed by atoms with E-state index in [1.807, 2.05) is 30.3 Å². The highest BCUT2D eigenvalue weighted by Gasteiger charge is 2.38. The van der Waals surface area contributed by atoms with Crippen LogP contribution in [0.2, 0.25) is 0 Å². The second kappa shape index (κ2) is 8.53. The first-order valence-corrected chi connectivity index (χ1v) is 9.17. The molecule has 3 rings (SSSR count). The van der Waals surface area contributed by atoms with Crippen LogP contribution >= 0.6 is 0 Å². The molecule has 3 aromatic rings. The number of benzene rings is 2. The molecular formula is C23H20N2O5. The number of aliphatic carboxylic acids is 1. The third-order valence-corrected chi connectivity index (χ3v) is 4.58. The van der Waals surface area contributed by atoms with Crippen LogP contribution in [0.1, 0.15) is 12.5 Å². The lowest BCUT2D eigenvalue weighted by Gasteiger charge is -2.25. The number of carbonyl (C=O) groups is 3. The van der Waals surface area contributed by atoms with Gasteiger partial charge in [-0.3, -0.25) is 9.59 Å². The minimum absolute atomic E-state index is 0.0929. The quantitative estimate of drug-likeness (QED) is 0.466. The maximum atomic E-state index is 12.4. The Balaban J connectivity index is 1.94. The fourth-order valence-electron chi connectivity index (χ4n) is 3.21. The largest absolute Gasteiger partial charge is 0.479 e. The van der Waals surface area contributed by atoms with E-state index in [0.29, 0.717) is 10.9 Å². The third kappa shape index (κ3) is 4.33. The Labute approximate surface area is 173 Å². The first-order valence-electron chi connectivity index (χ1n) is 9.17. The van der Waals surface area contributed by atoms with Gasteiger partial charge < -0.3 is 19.7 Å². The van der Waals surface area contributed by atoms with Gasteiger partial charge in [-0.05, 0) is 17.7 Å². The Morgan fingerprint density at radius 2 is 1.80 bits per heavy atom. The smallest absolute Gasteiger partial charge is 0.344 e. The summed E-state index contributed by atoms with van der Waals surface area (Å²) in [4.78, 5) is 35.8. The van der Waals surface area contributed by atoms with E-state index in [-0.39, 0.29) is 18.7 Å². The summed E-state index contributed by atoms with van der Waals surface area (Å²) in [6, 6.07) is 16.2. The molecule has 0 bridgehead atoms. The van der Waals surface area contributed by atoms with Gasteiger partial charge in [-0.1, -0.05) is 48.4 Å². The van der Waals surface area contributed by atoms with Crippen molar-refractivity contribution in [3.63, 3.8) is 0 Å². The molecule has 152 valence electrons. The minimum Gasteiger partial charge on any atom is -0.479 e. The molecule has 1 amide bonds. The Hall–Kier alpha value is -4.05. The summed E-state index contributed by atoms with van der Waals surface area (Å²) in [6.45, 7) is 0.953. The number of terminal acetylenes is 1. The first kappa shape index (κ1) is 20.7. The summed E-state index contributed by atoms with van der Waals surface area (Å²) in [7, 11) is 0. The molecule has 0 saturated carbocycles. The molecular weight excluding hydrogens is 384 g/mol. The van der Waals surface area contributed by atoms with Crippen molar-refractivity contribution in [2.45, 2.75) is 25.4 Å². The number of para-hydroxylation sites is 1. The van der Waals surface area contributed by atoms with Crippen LogP contribution in [0.25, 0.3) is 10.9 Å². The molecule has 0 aliphatic carbocycles. The van der Waals surface area contributed by atoms with Gasteiger partial charge in [-0.25, -0.2) is 4.79 Å². The van der Waals surface area contributed by atoms with Crippen LogP contribution in [0.4, 0.5) is 0 Å². The third-order valence-electron chi connectivity index (χ3n) is 4.58. The maximum Gasteiger partial charge on any atom is 0.344 e. The molecule has 1 heterocycles. The lowest BCUT2D eigenvalue weighted by molar-refractivity contribution is -0.145. The van der Waals surface area contributed by atoms with E-state index in [2.05, 4.69) is 11.2 Å². The molecule has 0 aliphatic rings. The fraction of sp³-hybridized carbons (Fsp3) is 0.174. The van der Waals surface area contributed by atoms with Gasteiger partial charge in [0, 0.05) is 18.5 Å². The molecule has 2 aromatic carbocycles. The van der Waals surface area contributed by atoms with Crippen LogP contribution in [-0.4, -0.2) is 33.1 Å². The average Bonchev–Trinajstić information content (AvgIpc) is 3.04. The van der Waals surface area contributed by atoms with E-state index in [9.17, 15) is 19.5 Å².